The van der Waals surface area contributed by atoms with Crippen molar-refractivity contribution in [3.8, 4) is 5.75 Å². The fraction of sp³-hybridized carbons (Fsp3) is 0.529. The molecule has 0 spiro atoms. The van der Waals surface area contributed by atoms with Crippen LogP contribution in [0.3, 0.4) is 0 Å². The average molecular weight is 355 g/mol. The van der Waals surface area contributed by atoms with Crippen LogP contribution in [-0.2, 0) is 16.0 Å². The molecule has 1 saturated heterocycles. The SMILES string of the molecule is COc1ccc(CCNC(=O)[C@@]2(O)CCCN(C(C)=O)C2)c(Cl)c1. The van der Waals surface area contributed by atoms with Crippen LogP contribution in [-0.4, -0.2) is 54.2 Å². The fourth-order valence-electron chi connectivity index (χ4n) is 2.82. The standard InChI is InChI=1S/C17H23ClN2O4/c1-12(21)20-9-3-7-17(23,11-20)16(22)19-8-6-13-4-5-14(24-2)10-15(13)18/h4-5,10,23H,3,6-9,11H2,1-2H3,(H,19,22)/t17-/m1/s1. The summed E-state index contributed by atoms with van der Waals surface area (Å²) in [6, 6.07) is 5.38. The summed E-state index contributed by atoms with van der Waals surface area (Å²) in [5, 5.41) is 13.8. The predicted molar refractivity (Wildman–Crippen MR) is 91.2 cm³/mol. The molecule has 132 valence electrons. The smallest absolute Gasteiger partial charge is 0.253 e. The largest absolute Gasteiger partial charge is 0.497 e. The zero-order valence-electron chi connectivity index (χ0n) is 14.0. The number of halogens is 1. The van der Waals surface area contributed by atoms with E-state index >= 15 is 0 Å². The molecule has 1 aromatic rings. The van der Waals surface area contributed by atoms with Gasteiger partial charge in [-0.15, -0.1) is 0 Å². The summed E-state index contributed by atoms with van der Waals surface area (Å²) in [6.07, 6.45) is 1.50. The number of carbonyl (C=O) groups is 2. The van der Waals surface area contributed by atoms with Crippen LogP contribution in [0.25, 0.3) is 0 Å². The molecule has 24 heavy (non-hydrogen) atoms. The first-order chi connectivity index (χ1) is 11.4. The normalized spacial score (nSPS) is 20.6. The number of nitrogens with zero attached hydrogens (tertiary/aromatic N) is 1. The van der Waals surface area contributed by atoms with Crippen LogP contribution < -0.4 is 10.1 Å². The van der Waals surface area contributed by atoms with Gasteiger partial charge in [0.15, 0.2) is 5.60 Å². The van der Waals surface area contributed by atoms with Gasteiger partial charge in [-0.1, -0.05) is 17.7 Å². The second-order valence-corrected chi connectivity index (χ2v) is 6.45. The van der Waals surface area contributed by atoms with Gasteiger partial charge in [-0.25, -0.2) is 0 Å². The summed E-state index contributed by atoms with van der Waals surface area (Å²) in [7, 11) is 1.57. The van der Waals surface area contributed by atoms with Gasteiger partial charge in [-0.05, 0) is 37.0 Å². The van der Waals surface area contributed by atoms with Crippen molar-refractivity contribution in [1.82, 2.24) is 10.2 Å². The highest BCUT2D eigenvalue weighted by Gasteiger charge is 2.40. The van der Waals surface area contributed by atoms with Crippen molar-refractivity contribution in [3.63, 3.8) is 0 Å². The number of ether oxygens (including phenoxy) is 1. The van der Waals surface area contributed by atoms with Crippen molar-refractivity contribution in [1.29, 1.82) is 0 Å². The molecule has 0 radical (unpaired) electrons. The average Bonchev–Trinajstić information content (AvgIpc) is 2.56. The highest BCUT2D eigenvalue weighted by Crippen LogP contribution is 2.23. The topological polar surface area (TPSA) is 78.9 Å². The lowest BCUT2D eigenvalue weighted by atomic mass is 9.91. The van der Waals surface area contributed by atoms with Gasteiger partial charge in [0.2, 0.25) is 5.91 Å². The Hall–Kier alpha value is -1.79. The van der Waals surface area contributed by atoms with Gasteiger partial charge < -0.3 is 20.1 Å². The first kappa shape index (κ1) is 18.5. The van der Waals surface area contributed by atoms with Gasteiger partial charge in [0.1, 0.15) is 5.75 Å². The minimum atomic E-state index is -1.52. The Morgan fingerprint density at radius 3 is 2.83 bits per heavy atom. The molecule has 0 saturated carbocycles. The third kappa shape index (κ3) is 4.39. The Bertz CT molecular complexity index is 623. The molecule has 1 aliphatic rings. The van der Waals surface area contributed by atoms with E-state index in [1.165, 1.54) is 11.8 Å². The minimum absolute atomic E-state index is 0.0391. The number of amides is 2. The van der Waals surface area contributed by atoms with Gasteiger partial charge in [0, 0.05) is 25.0 Å². The number of likely N-dealkylation sites (tertiary alicyclic amines) is 1. The van der Waals surface area contributed by atoms with Crippen molar-refractivity contribution in [3.05, 3.63) is 28.8 Å². The number of carbonyl (C=O) groups excluding carboxylic acids is 2. The molecule has 2 rings (SSSR count). The maximum atomic E-state index is 12.3. The van der Waals surface area contributed by atoms with Crippen LogP contribution in [0.5, 0.6) is 5.75 Å². The molecule has 2 amide bonds. The molecule has 6 nitrogen and oxygen atoms in total. The van der Waals surface area contributed by atoms with Crippen molar-refractivity contribution < 1.29 is 19.4 Å². The highest BCUT2D eigenvalue weighted by molar-refractivity contribution is 6.31. The summed E-state index contributed by atoms with van der Waals surface area (Å²) in [5.41, 5.74) is -0.632. The third-order valence-electron chi connectivity index (χ3n) is 4.28. The van der Waals surface area contributed by atoms with Gasteiger partial charge >= 0.3 is 0 Å². The van der Waals surface area contributed by atoms with Gasteiger partial charge in [0.05, 0.1) is 13.7 Å². The second-order valence-electron chi connectivity index (χ2n) is 6.04. The molecular weight excluding hydrogens is 332 g/mol. The molecule has 0 aromatic heterocycles. The predicted octanol–water partition coefficient (Wildman–Crippen LogP) is 1.38. The Labute approximate surface area is 146 Å². The van der Waals surface area contributed by atoms with E-state index in [1.54, 1.807) is 13.2 Å². The fourth-order valence-corrected chi connectivity index (χ4v) is 3.09. The molecule has 7 heteroatoms. The van der Waals surface area contributed by atoms with Gasteiger partial charge in [-0.3, -0.25) is 9.59 Å². The number of nitrogens with one attached hydrogen (secondary N) is 1. The number of hydrogen-bond donors (Lipinski definition) is 2. The summed E-state index contributed by atoms with van der Waals surface area (Å²) in [4.78, 5) is 25.3. The molecule has 1 heterocycles. The van der Waals surface area contributed by atoms with Gasteiger partial charge in [-0.2, -0.15) is 0 Å². The van der Waals surface area contributed by atoms with Crippen LogP contribution in [0.15, 0.2) is 18.2 Å². The number of aliphatic hydroxyl groups is 1. The quantitative estimate of drug-likeness (QED) is 0.837. The molecule has 1 aliphatic heterocycles. The van der Waals surface area contributed by atoms with Gasteiger partial charge in [0.25, 0.3) is 5.91 Å². The van der Waals surface area contributed by atoms with E-state index in [0.29, 0.717) is 43.1 Å². The molecule has 0 unspecified atom stereocenters. The molecule has 2 N–H and O–H groups in total. The van der Waals surface area contributed by atoms with E-state index < -0.39 is 11.5 Å². The Morgan fingerprint density at radius 2 is 2.21 bits per heavy atom. The lowest BCUT2D eigenvalue weighted by Crippen LogP contribution is -2.58. The van der Waals surface area contributed by atoms with Crippen molar-refractivity contribution in [2.24, 2.45) is 0 Å². The summed E-state index contributed by atoms with van der Waals surface area (Å²) in [5.74, 6) is 0.0950. The number of methoxy groups -OCH3 is 1. The molecule has 1 fully saturated rings. The van der Waals surface area contributed by atoms with Crippen LogP contribution in [0.2, 0.25) is 5.02 Å². The number of hydrogen-bond acceptors (Lipinski definition) is 4. The first-order valence-electron chi connectivity index (χ1n) is 7.94. The molecule has 0 bridgehead atoms. The highest BCUT2D eigenvalue weighted by atomic mass is 35.5. The Balaban J connectivity index is 1.89. The summed E-state index contributed by atoms with van der Waals surface area (Å²) >= 11 is 6.17. The first-order valence-corrected chi connectivity index (χ1v) is 8.32. The minimum Gasteiger partial charge on any atom is -0.497 e. The van der Waals surface area contributed by atoms with Crippen molar-refractivity contribution >= 4 is 23.4 Å². The van der Waals surface area contributed by atoms with E-state index in [1.807, 2.05) is 12.1 Å². The number of β-amino-alcohol motifs (C(OH)–C–C–N with tert-alkyl or cyclic N) is 1. The van der Waals surface area contributed by atoms with Crippen molar-refractivity contribution in [2.75, 3.05) is 26.7 Å². The number of benzene rings is 1. The Morgan fingerprint density at radius 1 is 1.46 bits per heavy atom. The molecular formula is C17H23ClN2O4. The maximum absolute atomic E-state index is 12.3. The van der Waals surface area contributed by atoms with Crippen LogP contribution in [0.1, 0.15) is 25.3 Å². The van der Waals surface area contributed by atoms with Crippen molar-refractivity contribution in [2.45, 2.75) is 31.8 Å². The van der Waals surface area contributed by atoms with Crippen LogP contribution in [0, 0.1) is 0 Å². The monoisotopic (exact) mass is 354 g/mol. The maximum Gasteiger partial charge on any atom is 0.253 e. The van der Waals surface area contributed by atoms with E-state index in [-0.39, 0.29) is 12.5 Å². The summed E-state index contributed by atoms with van der Waals surface area (Å²) in [6.45, 7) is 2.41. The third-order valence-corrected chi connectivity index (χ3v) is 4.63. The van der Waals surface area contributed by atoms with E-state index in [4.69, 9.17) is 16.3 Å². The molecule has 1 atom stereocenters. The Kier molecular flexibility index (Phi) is 6.07. The van der Waals surface area contributed by atoms with Crippen LogP contribution in [0.4, 0.5) is 0 Å². The zero-order valence-corrected chi connectivity index (χ0v) is 14.7. The number of rotatable bonds is 5. The van der Waals surface area contributed by atoms with E-state index in [0.717, 1.165) is 5.56 Å². The summed E-state index contributed by atoms with van der Waals surface area (Å²) < 4.78 is 5.10. The molecule has 1 aromatic carbocycles. The lowest BCUT2D eigenvalue weighted by Gasteiger charge is -2.37. The van der Waals surface area contributed by atoms with E-state index in [9.17, 15) is 14.7 Å². The molecule has 0 aliphatic carbocycles. The lowest BCUT2D eigenvalue weighted by molar-refractivity contribution is -0.150. The number of piperidine rings is 1. The van der Waals surface area contributed by atoms with E-state index in [2.05, 4.69) is 5.32 Å². The zero-order chi connectivity index (χ0) is 17.7. The second kappa shape index (κ2) is 7.85. The van der Waals surface area contributed by atoms with Crippen LogP contribution >= 0.6 is 11.6 Å².